The van der Waals surface area contributed by atoms with Crippen molar-refractivity contribution < 1.29 is 0 Å². The zero-order valence-electron chi connectivity index (χ0n) is 9.85. The maximum atomic E-state index is 6.19. The number of rotatable bonds is 7. The zero-order chi connectivity index (χ0) is 12.0. The van der Waals surface area contributed by atoms with Crippen LogP contribution < -0.4 is 5.32 Å². The third-order valence-electron chi connectivity index (χ3n) is 2.55. The SMILES string of the molecule is CCCCC(NCCC)c1cc(Cl)sc1Cl. The van der Waals surface area contributed by atoms with Gasteiger partial charge in [0.25, 0.3) is 0 Å². The normalized spacial score (nSPS) is 13.0. The molecule has 1 N–H and O–H groups in total. The molecule has 0 spiro atoms. The Morgan fingerprint density at radius 1 is 1.31 bits per heavy atom. The Morgan fingerprint density at radius 2 is 2.06 bits per heavy atom. The molecule has 0 bridgehead atoms. The van der Waals surface area contributed by atoms with Crippen LogP contribution in [0.4, 0.5) is 0 Å². The largest absolute Gasteiger partial charge is 0.310 e. The van der Waals surface area contributed by atoms with Gasteiger partial charge in [-0.15, -0.1) is 11.3 Å². The van der Waals surface area contributed by atoms with Gasteiger partial charge in [-0.25, -0.2) is 0 Å². The average Bonchev–Trinajstić information content (AvgIpc) is 2.58. The van der Waals surface area contributed by atoms with Crippen LogP contribution in [-0.2, 0) is 0 Å². The lowest BCUT2D eigenvalue weighted by Crippen LogP contribution is -2.21. The van der Waals surface area contributed by atoms with Crippen molar-refractivity contribution >= 4 is 34.5 Å². The van der Waals surface area contributed by atoms with Gasteiger partial charge in [0.1, 0.15) is 0 Å². The van der Waals surface area contributed by atoms with Gasteiger partial charge < -0.3 is 5.32 Å². The molecule has 0 radical (unpaired) electrons. The summed E-state index contributed by atoms with van der Waals surface area (Å²) in [6, 6.07) is 2.36. The minimum absolute atomic E-state index is 0.358. The van der Waals surface area contributed by atoms with E-state index in [1.807, 2.05) is 6.07 Å². The van der Waals surface area contributed by atoms with E-state index in [0.29, 0.717) is 6.04 Å². The fraction of sp³-hybridized carbons (Fsp3) is 0.667. The molecule has 0 aliphatic heterocycles. The first kappa shape index (κ1) is 14.3. The van der Waals surface area contributed by atoms with E-state index in [1.165, 1.54) is 29.7 Å². The molecule has 1 rings (SSSR count). The molecule has 1 heterocycles. The van der Waals surface area contributed by atoms with Gasteiger partial charge in [0.2, 0.25) is 0 Å². The van der Waals surface area contributed by atoms with Gasteiger partial charge in [-0.2, -0.15) is 0 Å². The molecule has 1 aromatic heterocycles. The molecule has 0 amide bonds. The van der Waals surface area contributed by atoms with Gasteiger partial charge in [-0.1, -0.05) is 49.9 Å². The monoisotopic (exact) mass is 279 g/mol. The van der Waals surface area contributed by atoms with Crippen molar-refractivity contribution in [3.8, 4) is 0 Å². The number of hydrogen-bond donors (Lipinski definition) is 1. The summed E-state index contributed by atoms with van der Waals surface area (Å²) in [6.07, 6.45) is 4.69. The summed E-state index contributed by atoms with van der Waals surface area (Å²) in [7, 11) is 0. The number of halogens is 2. The Morgan fingerprint density at radius 3 is 2.56 bits per heavy atom. The van der Waals surface area contributed by atoms with Crippen LogP contribution in [0.1, 0.15) is 51.1 Å². The van der Waals surface area contributed by atoms with Gasteiger partial charge in [-0.05, 0) is 25.5 Å². The van der Waals surface area contributed by atoms with E-state index in [0.717, 1.165) is 28.1 Å². The number of thiophene rings is 1. The fourth-order valence-electron chi connectivity index (χ4n) is 1.68. The first-order valence-corrected chi connectivity index (χ1v) is 7.44. The topological polar surface area (TPSA) is 12.0 Å². The van der Waals surface area contributed by atoms with Crippen LogP contribution in [0.3, 0.4) is 0 Å². The second-order valence-corrected chi connectivity index (χ2v) is 6.21. The van der Waals surface area contributed by atoms with Crippen molar-refractivity contribution in [1.82, 2.24) is 5.32 Å². The van der Waals surface area contributed by atoms with Gasteiger partial charge >= 0.3 is 0 Å². The third-order valence-corrected chi connectivity index (χ3v) is 4.06. The van der Waals surface area contributed by atoms with E-state index >= 15 is 0 Å². The highest BCUT2D eigenvalue weighted by atomic mass is 35.5. The van der Waals surface area contributed by atoms with Gasteiger partial charge in [0.05, 0.1) is 8.67 Å². The van der Waals surface area contributed by atoms with Crippen LogP contribution in [0.5, 0.6) is 0 Å². The molecule has 4 heteroatoms. The molecule has 92 valence electrons. The van der Waals surface area contributed by atoms with Crippen molar-refractivity contribution in [3.63, 3.8) is 0 Å². The Bertz CT molecular complexity index is 304. The molecular formula is C12H19Cl2NS. The highest BCUT2D eigenvalue weighted by molar-refractivity contribution is 7.20. The number of hydrogen-bond acceptors (Lipinski definition) is 2. The average molecular weight is 280 g/mol. The van der Waals surface area contributed by atoms with Crippen molar-refractivity contribution in [2.75, 3.05) is 6.54 Å². The summed E-state index contributed by atoms with van der Waals surface area (Å²) < 4.78 is 1.61. The Hall–Kier alpha value is 0.240. The zero-order valence-corrected chi connectivity index (χ0v) is 12.2. The van der Waals surface area contributed by atoms with E-state index in [9.17, 15) is 0 Å². The fourth-order valence-corrected chi connectivity index (χ4v) is 3.26. The molecule has 0 aliphatic carbocycles. The van der Waals surface area contributed by atoms with E-state index in [-0.39, 0.29) is 0 Å². The lowest BCUT2D eigenvalue weighted by atomic mass is 10.0. The maximum Gasteiger partial charge on any atom is 0.0991 e. The van der Waals surface area contributed by atoms with Crippen LogP contribution in [0.25, 0.3) is 0 Å². The van der Waals surface area contributed by atoms with E-state index in [4.69, 9.17) is 23.2 Å². The first-order chi connectivity index (χ1) is 7.69. The van der Waals surface area contributed by atoms with Crippen LogP contribution in [0.15, 0.2) is 6.07 Å². The Kier molecular flexibility index (Phi) is 6.74. The van der Waals surface area contributed by atoms with Gasteiger partial charge in [0.15, 0.2) is 0 Å². The van der Waals surface area contributed by atoms with Crippen molar-refractivity contribution in [2.24, 2.45) is 0 Å². The Balaban J connectivity index is 2.70. The minimum Gasteiger partial charge on any atom is -0.310 e. The van der Waals surface area contributed by atoms with E-state index in [2.05, 4.69) is 19.2 Å². The molecule has 0 aromatic carbocycles. The number of unbranched alkanes of at least 4 members (excludes halogenated alkanes) is 1. The minimum atomic E-state index is 0.358. The van der Waals surface area contributed by atoms with Gasteiger partial charge in [0, 0.05) is 11.6 Å². The molecule has 1 nitrogen and oxygen atoms in total. The summed E-state index contributed by atoms with van der Waals surface area (Å²) in [5, 5.41) is 3.54. The van der Waals surface area contributed by atoms with Crippen molar-refractivity contribution in [3.05, 3.63) is 20.3 Å². The summed E-state index contributed by atoms with van der Waals surface area (Å²) >= 11 is 13.6. The highest BCUT2D eigenvalue weighted by Gasteiger charge is 2.16. The standard InChI is InChI=1S/C12H19Cl2NS/c1-3-5-6-10(15-7-4-2)9-8-11(13)16-12(9)14/h8,10,15H,3-7H2,1-2H3. The molecule has 16 heavy (non-hydrogen) atoms. The highest BCUT2D eigenvalue weighted by Crippen LogP contribution is 2.36. The molecular weight excluding hydrogens is 261 g/mol. The summed E-state index contributed by atoms with van der Waals surface area (Å²) in [4.78, 5) is 0. The van der Waals surface area contributed by atoms with Crippen molar-refractivity contribution in [1.29, 1.82) is 0 Å². The predicted octanol–water partition coefficient (Wildman–Crippen LogP) is 5.29. The van der Waals surface area contributed by atoms with Crippen LogP contribution in [0, 0.1) is 0 Å². The van der Waals surface area contributed by atoms with Crippen LogP contribution >= 0.6 is 34.5 Å². The van der Waals surface area contributed by atoms with Crippen LogP contribution in [-0.4, -0.2) is 6.54 Å². The van der Waals surface area contributed by atoms with Crippen molar-refractivity contribution in [2.45, 2.75) is 45.6 Å². The summed E-state index contributed by atoms with van der Waals surface area (Å²) in [5.74, 6) is 0. The molecule has 0 saturated carbocycles. The Labute approximate surface area is 112 Å². The van der Waals surface area contributed by atoms with Crippen LogP contribution in [0.2, 0.25) is 8.67 Å². The van der Waals surface area contributed by atoms with Gasteiger partial charge in [-0.3, -0.25) is 0 Å². The molecule has 1 unspecified atom stereocenters. The molecule has 1 aromatic rings. The third kappa shape index (κ3) is 4.25. The quantitative estimate of drug-likeness (QED) is 0.716. The second-order valence-electron chi connectivity index (χ2n) is 3.93. The van der Waals surface area contributed by atoms with E-state index < -0.39 is 0 Å². The number of nitrogens with one attached hydrogen (secondary N) is 1. The smallest absolute Gasteiger partial charge is 0.0991 e. The molecule has 0 saturated heterocycles. The maximum absolute atomic E-state index is 6.19. The summed E-state index contributed by atoms with van der Waals surface area (Å²) in [5.41, 5.74) is 1.17. The predicted molar refractivity (Wildman–Crippen MR) is 74.9 cm³/mol. The lowest BCUT2D eigenvalue weighted by molar-refractivity contribution is 0.482. The molecule has 1 atom stereocenters. The second kappa shape index (κ2) is 7.54. The first-order valence-electron chi connectivity index (χ1n) is 5.87. The summed E-state index contributed by atoms with van der Waals surface area (Å²) in [6.45, 7) is 5.41. The molecule has 0 fully saturated rings. The molecule has 0 aliphatic rings. The van der Waals surface area contributed by atoms with E-state index in [1.54, 1.807) is 0 Å². The lowest BCUT2D eigenvalue weighted by Gasteiger charge is -2.17.